The number of hydrogen-bond acceptors (Lipinski definition) is 5. The maximum Gasteiger partial charge on any atom is 0.337 e. The molecule has 7 nitrogen and oxygen atoms in total. The number of hydrogen-bond donors (Lipinski definition) is 1. The molecule has 1 aromatic carbocycles. The summed E-state index contributed by atoms with van der Waals surface area (Å²) in [4.78, 5) is 32.2. The Morgan fingerprint density at radius 3 is 2.56 bits per heavy atom. The standard InChI is InChI=1S/C24H27FN4O3/c1-16-12-18(24(31)32-2)13-20(28-16)4-3-5-23-27-14-21(10-11-22(26)30)29(23)15-17-6-8-19(25)9-7-17/h6-9,12-14H,3-5,10-11,15H2,1-2H3,(H2,26,30). The Balaban J connectivity index is 1.74. The average Bonchev–Trinajstić information content (AvgIpc) is 3.14. The van der Waals surface area contributed by atoms with Crippen LogP contribution in [0.2, 0.25) is 0 Å². The molecule has 2 aromatic heterocycles. The molecule has 3 rings (SSSR count). The highest BCUT2D eigenvalue weighted by Crippen LogP contribution is 2.16. The molecule has 0 aliphatic carbocycles. The summed E-state index contributed by atoms with van der Waals surface area (Å²) in [5.41, 5.74) is 9.22. The monoisotopic (exact) mass is 438 g/mol. The molecule has 0 spiro atoms. The molecule has 0 unspecified atom stereocenters. The first-order valence-electron chi connectivity index (χ1n) is 10.5. The number of carbonyl (C=O) groups is 2. The number of aromatic nitrogens is 3. The summed E-state index contributed by atoms with van der Waals surface area (Å²) >= 11 is 0. The number of ether oxygens (including phenoxy) is 1. The maximum atomic E-state index is 13.3. The summed E-state index contributed by atoms with van der Waals surface area (Å²) in [6, 6.07) is 9.79. The lowest BCUT2D eigenvalue weighted by atomic mass is 10.1. The van der Waals surface area contributed by atoms with E-state index < -0.39 is 0 Å². The third-order valence-electron chi connectivity index (χ3n) is 5.16. The van der Waals surface area contributed by atoms with Gasteiger partial charge in [0.1, 0.15) is 11.6 Å². The van der Waals surface area contributed by atoms with Crippen LogP contribution in [0.3, 0.4) is 0 Å². The van der Waals surface area contributed by atoms with Crippen molar-refractivity contribution in [2.24, 2.45) is 5.73 Å². The first-order valence-corrected chi connectivity index (χ1v) is 10.5. The Kier molecular flexibility index (Phi) is 7.70. The Bertz CT molecular complexity index is 1090. The Morgan fingerprint density at radius 2 is 1.88 bits per heavy atom. The first kappa shape index (κ1) is 23.1. The zero-order valence-corrected chi connectivity index (χ0v) is 18.3. The van der Waals surface area contributed by atoms with E-state index >= 15 is 0 Å². The SMILES string of the molecule is COC(=O)c1cc(C)nc(CCCc2ncc(CCC(N)=O)n2Cc2ccc(F)cc2)c1. The molecule has 0 saturated heterocycles. The van der Waals surface area contributed by atoms with Gasteiger partial charge in [0.25, 0.3) is 0 Å². The number of methoxy groups -OCH3 is 1. The molecule has 2 N–H and O–H groups in total. The molecule has 0 atom stereocenters. The molecular formula is C24H27FN4O3. The molecule has 2 heterocycles. The molecule has 8 heteroatoms. The van der Waals surface area contributed by atoms with Crippen LogP contribution in [0.5, 0.6) is 0 Å². The number of nitrogens with two attached hydrogens (primary N) is 1. The average molecular weight is 439 g/mol. The van der Waals surface area contributed by atoms with Gasteiger partial charge in [-0.25, -0.2) is 14.2 Å². The predicted molar refractivity (Wildman–Crippen MR) is 118 cm³/mol. The molecule has 0 radical (unpaired) electrons. The zero-order chi connectivity index (χ0) is 23.1. The number of aryl methyl sites for hydroxylation is 4. The van der Waals surface area contributed by atoms with Crippen molar-refractivity contribution in [2.45, 2.75) is 45.6 Å². The van der Waals surface area contributed by atoms with Crippen LogP contribution in [0.1, 0.15) is 51.7 Å². The third kappa shape index (κ3) is 6.23. The number of amides is 1. The van der Waals surface area contributed by atoms with Crippen LogP contribution >= 0.6 is 0 Å². The van der Waals surface area contributed by atoms with E-state index in [9.17, 15) is 14.0 Å². The number of carbonyl (C=O) groups excluding carboxylic acids is 2. The van der Waals surface area contributed by atoms with Gasteiger partial charge in [-0.2, -0.15) is 0 Å². The number of imidazole rings is 1. The van der Waals surface area contributed by atoms with Gasteiger partial charge in [0.05, 0.1) is 12.7 Å². The van der Waals surface area contributed by atoms with Crippen molar-refractivity contribution in [1.82, 2.24) is 14.5 Å². The van der Waals surface area contributed by atoms with E-state index in [1.54, 1.807) is 30.5 Å². The van der Waals surface area contributed by atoms with E-state index in [4.69, 9.17) is 10.5 Å². The minimum absolute atomic E-state index is 0.234. The van der Waals surface area contributed by atoms with Crippen molar-refractivity contribution in [2.75, 3.05) is 7.11 Å². The summed E-state index contributed by atoms with van der Waals surface area (Å²) in [6.07, 6.45) is 4.62. The van der Waals surface area contributed by atoms with E-state index in [2.05, 4.69) is 14.5 Å². The van der Waals surface area contributed by atoms with Gasteiger partial charge in [-0.3, -0.25) is 9.78 Å². The lowest BCUT2D eigenvalue weighted by Crippen LogP contribution is -2.14. The highest BCUT2D eigenvalue weighted by molar-refractivity contribution is 5.89. The van der Waals surface area contributed by atoms with Crippen LogP contribution in [0.25, 0.3) is 0 Å². The first-order chi connectivity index (χ1) is 15.4. The van der Waals surface area contributed by atoms with Gasteiger partial charge in [0.2, 0.25) is 5.91 Å². The lowest BCUT2D eigenvalue weighted by Gasteiger charge is -2.12. The van der Waals surface area contributed by atoms with E-state index in [0.717, 1.165) is 34.9 Å². The number of rotatable bonds is 10. The molecule has 32 heavy (non-hydrogen) atoms. The highest BCUT2D eigenvalue weighted by atomic mass is 19.1. The minimum atomic E-state index is -0.384. The van der Waals surface area contributed by atoms with Gasteiger partial charge in [-0.15, -0.1) is 0 Å². The summed E-state index contributed by atoms with van der Waals surface area (Å²) in [6.45, 7) is 2.37. The highest BCUT2D eigenvalue weighted by Gasteiger charge is 2.13. The maximum absolute atomic E-state index is 13.3. The second-order valence-electron chi connectivity index (χ2n) is 7.68. The molecule has 0 saturated carbocycles. The number of benzene rings is 1. The van der Waals surface area contributed by atoms with Gasteiger partial charge in [-0.05, 0) is 56.0 Å². The van der Waals surface area contributed by atoms with Crippen LogP contribution < -0.4 is 5.73 Å². The minimum Gasteiger partial charge on any atom is -0.465 e. The zero-order valence-electron chi connectivity index (χ0n) is 18.3. The molecule has 0 aliphatic rings. The topological polar surface area (TPSA) is 100 Å². The number of halogens is 1. The number of primary amides is 1. The van der Waals surface area contributed by atoms with Crippen molar-refractivity contribution >= 4 is 11.9 Å². The van der Waals surface area contributed by atoms with Crippen molar-refractivity contribution in [3.63, 3.8) is 0 Å². The molecule has 168 valence electrons. The number of esters is 1. The van der Waals surface area contributed by atoms with Gasteiger partial charge >= 0.3 is 5.97 Å². The largest absolute Gasteiger partial charge is 0.465 e. The molecular weight excluding hydrogens is 411 g/mol. The summed E-state index contributed by atoms with van der Waals surface area (Å²) in [5, 5.41) is 0. The number of nitrogens with zero attached hydrogens (tertiary/aromatic N) is 3. The summed E-state index contributed by atoms with van der Waals surface area (Å²) in [7, 11) is 1.36. The van der Waals surface area contributed by atoms with Crippen molar-refractivity contribution in [1.29, 1.82) is 0 Å². The second-order valence-corrected chi connectivity index (χ2v) is 7.68. The molecule has 0 fully saturated rings. The van der Waals surface area contributed by atoms with E-state index in [0.29, 0.717) is 31.4 Å². The van der Waals surface area contributed by atoms with Gasteiger partial charge < -0.3 is 15.0 Å². The summed E-state index contributed by atoms with van der Waals surface area (Å²) < 4.78 is 20.1. The Labute approximate surface area is 186 Å². The van der Waals surface area contributed by atoms with Crippen LogP contribution in [0.15, 0.2) is 42.6 Å². The Hall–Kier alpha value is -3.55. The molecule has 0 aliphatic heterocycles. The predicted octanol–water partition coefficient (Wildman–Crippen LogP) is 3.15. The third-order valence-corrected chi connectivity index (χ3v) is 5.16. The number of pyridine rings is 1. The van der Waals surface area contributed by atoms with Gasteiger partial charge in [0, 0.05) is 42.7 Å². The van der Waals surface area contributed by atoms with Crippen LogP contribution in [0, 0.1) is 12.7 Å². The van der Waals surface area contributed by atoms with E-state index in [-0.39, 0.29) is 24.1 Å². The van der Waals surface area contributed by atoms with Crippen LogP contribution in [-0.4, -0.2) is 33.5 Å². The van der Waals surface area contributed by atoms with E-state index in [1.807, 2.05) is 6.92 Å². The fraction of sp³-hybridized carbons (Fsp3) is 0.333. The molecule has 1 amide bonds. The smallest absolute Gasteiger partial charge is 0.337 e. The second kappa shape index (κ2) is 10.7. The molecule has 0 bridgehead atoms. The molecule has 3 aromatic rings. The van der Waals surface area contributed by atoms with Crippen LogP contribution in [0.4, 0.5) is 4.39 Å². The van der Waals surface area contributed by atoms with E-state index in [1.165, 1.54) is 19.2 Å². The van der Waals surface area contributed by atoms with Crippen molar-refractivity contribution in [3.8, 4) is 0 Å². The quantitative estimate of drug-likeness (QED) is 0.490. The normalized spacial score (nSPS) is 10.8. The lowest BCUT2D eigenvalue weighted by molar-refractivity contribution is -0.118. The summed E-state index contributed by atoms with van der Waals surface area (Å²) in [5.74, 6) is -0.168. The van der Waals surface area contributed by atoms with Crippen molar-refractivity contribution < 1.29 is 18.7 Å². The van der Waals surface area contributed by atoms with Gasteiger partial charge in [0.15, 0.2) is 0 Å². The van der Waals surface area contributed by atoms with Crippen molar-refractivity contribution in [3.05, 3.63) is 82.4 Å². The fourth-order valence-electron chi connectivity index (χ4n) is 3.60. The van der Waals surface area contributed by atoms with Gasteiger partial charge in [-0.1, -0.05) is 12.1 Å². The fourth-order valence-corrected chi connectivity index (χ4v) is 3.60. The Morgan fingerprint density at radius 1 is 1.12 bits per heavy atom. The van der Waals surface area contributed by atoms with Crippen LogP contribution in [-0.2, 0) is 35.3 Å².